The summed E-state index contributed by atoms with van der Waals surface area (Å²) in [5.74, 6) is -1.46. The van der Waals surface area contributed by atoms with Gasteiger partial charge in [0.05, 0.1) is 11.4 Å². The molecular weight excluding hydrogens is 344 g/mol. The van der Waals surface area contributed by atoms with E-state index in [1.54, 1.807) is 43.3 Å². The Morgan fingerprint density at radius 1 is 1.04 bits per heavy atom. The van der Waals surface area contributed by atoms with Crippen molar-refractivity contribution in [2.45, 2.75) is 24.5 Å². The number of benzene rings is 2. The second-order valence-corrected chi connectivity index (χ2v) is 6.62. The third-order valence-electron chi connectivity index (χ3n) is 5.18. The first-order chi connectivity index (χ1) is 11.9. The van der Waals surface area contributed by atoms with Crippen LogP contribution in [0.25, 0.3) is 0 Å². The molecule has 2 aliphatic rings. The predicted octanol–water partition coefficient (Wildman–Crippen LogP) is 2.46. The van der Waals surface area contributed by atoms with Crippen LogP contribution in [0, 0.1) is 0 Å². The highest BCUT2D eigenvalue weighted by molar-refractivity contribution is 6.32. The van der Waals surface area contributed by atoms with E-state index in [1.807, 2.05) is 0 Å². The van der Waals surface area contributed by atoms with Crippen molar-refractivity contribution in [2.24, 2.45) is 0 Å². The number of hydrogen-bond acceptors (Lipinski definition) is 5. The molecule has 0 unspecified atom stereocenters. The number of carbonyl (C=O) groups excluding carboxylic acids is 2. The topological polar surface area (TPSA) is 81.1 Å². The Labute approximate surface area is 148 Å². The normalized spacial score (nSPS) is 27.7. The molecule has 2 amide bonds. The zero-order chi connectivity index (χ0) is 18.0. The molecule has 2 atom stereocenters. The number of halogens is 1. The zero-order valence-electron chi connectivity index (χ0n) is 13.3. The number of rotatable bonds is 2. The number of hydrogen-bond donors (Lipinski definition) is 2. The van der Waals surface area contributed by atoms with Crippen LogP contribution in [-0.2, 0) is 15.0 Å². The molecule has 128 valence electrons. The van der Waals surface area contributed by atoms with Gasteiger partial charge in [0.2, 0.25) is 5.91 Å². The van der Waals surface area contributed by atoms with Crippen molar-refractivity contribution in [3.63, 3.8) is 0 Å². The van der Waals surface area contributed by atoms with Gasteiger partial charge in [-0.1, -0.05) is 36.7 Å². The second kappa shape index (κ2) is 5.05. The van der Waals surface area contributed by atoms with E-state index in [2.05, 4.69) is 0 Å². The maximum atomic E-state index is 13.3. The lowest BCUT2D eigenvalue weighted by molar-refractivity contribution is -0.147. The molecule has 0 bridgehead atoms. The van der Waals surface area contributed by atoms with E-state index in [0.717, 1.165) is 4.90 Å². The summed E-state index contributed by atoms with van der Waals surface area (Å²) in [7, 11) is 0. The smallest absolute Gasteiger partial charge is 0.290 e. The molecule has 1 fully saturated rings. The monoisotopic (exact) mass is 358 g/mol. The van der Waals surface area contributed by atoms with E-state index >= 15 is 0 Å². The summed E-state index contributed by atoms with van der Waals surface area (Å²) in [5, 5.41) is 22.8. The molecular formula is C18H15ClN2O4. The van der Waals surface area contributed by atoms with Crippen LogP contribution in [0.1, 0.15) is 18.9 Å². The van der Waals surface area contributed by atoms with Gasteiger partial charge in [0.25, 0.3) is 11.6 Å². The second-order valence-electron chi connectivity index (χ2n) is 6.18. The van der Waals surface area contributed by atoms with Crippen molar-refractivity contribution in [3.8, 4) is 0 Å². The number of anilines is 2. The standard InChI is InChI=1S/C18H15ClN2O4/c1-2-17-13-5-3-4-6-14(13)21(25)18(17,24)16(23)20(15(17)22)12-9-7-11(19)8-10-12/h3-10,24-25H,2H2,1H3/t17-,18-/m0/s1. The van der Waals surface area contributed by atoms with Crippen LogP contribution >= 0.6 is 11.6 Å². The number of carbonyl (C=O) groups is 2. The van der Waals surface area contributed by atoms with Crippen LogP contribution in [0.15, 0.2) is 48.5 Å². The molecule has 0 saturated carbocycles. The van der Waals surface area contributed by atoms with Crippen LogP contribution in [0.5, 0.6) is 0 Å². The fourth-order valence-corrected chi connectivity index (χ4v) is 4.08. The van der Waals surface area contributed by atoms with Crippen LogP contribution in [0.4, 0.5) is 11.4 Å². The fourth-order valence-electron chi connectivity index (χ4n) is 3.95. The Balaban J connectivity index is 1.97. The third kappa shape index (κ3) is 1.66. The van der Waals surface area contributed by atoms with E-state index in [9.17, 15) is 19.9 Å². The molecule has 2 N–H and O–H groups in total. The lowest BCUT2D eigenvalue weighted by atomic mass is 9.73. The Morgan fingerprint density at radius 2 is 1.68 bits per heavy atom. The minimum absolute atomic E-state index is 0.145. The Morgan fingerprint density at radius 3 is 2.32 bits per heavy atom. The number of amides is 2. The highest BCUT2D eigenvalue weighted by Crippen LogP contribution is 2.57. The van der Waals surface area contributed by atoms with Crippen molar-refractivity contribution >= 4 is 34.8 Å². The van der Waals surface area contributed by atoms with Crippen molar-refractivity contribution in [2.75, 3.05) is 9.96 Å². The number of imide groups is 1. The number of aliphatic hydroxyl groups is 1. The summed E-state index contributed by atoms with van der Waals surface area (Å²) in [4.78, 5) is 27.3. The molecule has 2 aliphatic heterocycles. The Bertz CT molecular complexity index is 900. The van der Waals surface area contributed by atoms with Crippen LogP contribution in [-0.4, -0.2) is 27.9 Å². The SMILES string of the molecule is CC[C@]12C(=O)N(c3ccc(Cl)cc3)C(=O)[C@@]1(O)N(O)c1ccccc12. The number of fused-ring (bicyclic) bond motifs is 3. The Hall–Kier alpha value is -2.41. The molecule has 7 heteroatoms. The summed E-state index contributed by atoms with van der Waals surface area (Å²) in [6.07, 6.45) is 0.145. The highest BCUT2D eigenvalue weighted by atomic mass is 35.5. The lowest BCUT2D eigenvalue weighted by Crippen LogP contribution is -2.59. The van der Waals surface area contributed by atoms with Gasteiger partial charge in [0, 0.05) is 5.02 Å². The Kier molecular flexibility index (Phi) is 3.25. The van der Waals surface area contributed by atoms with Crippen molar-refractivity contribution in [1.29, 1.82) is 0 Å². The van der Waals surface area contributed by atoms with Gasteiger partial charge in [0.15, 0.2) is 0 Å². The first-order valence-corrected chi connectivity index (χ1v) is 8.23. The summed E-state index contributed by atoms with van der Waals surface area (Å²) in [6.45, 7) is 1.71. The van der Waals surface area contributed by atoms with Crippen molar-refractivity contribution in [1.82, 2.24) is 0 Å². The van der Waals surface area contributed by atoms with Gasteiger partial charge in [-0.15, -0.1) is 0 Å². The maximum Gasteiger partial charge on any atom is 0.290 e. The highest BCUT2D eigenvalue weighted by Gasteiger charge is 2.76. The molecule has 6 nitrogen and oxygen atoms in total. The first-order valence-electron chi connectivity index (χ1n) is 7.85. The maximum absolute atomic E-state index is 13.3. The van der Waals surface area contributed by atoms with Crippen molar-refractivity contribution < 1.29 is 19.9 Å². The molecule has 1 saturated heterocycles. The lowest BCUT2D eigenvalue weighted by Gasteiger charge is -2.33. The minimum atomic E-state index is -2.39. The van der Waals surface area contributed by atoms with E-state index in [-0.39, 0.29) is 12.1 Å². The van der Waals surface area contributed by atoms with Crippen LogP contribution < -0.4 is 9.96 Å². The molecule has 2 aromatic carbocycles. The van der Waals surface area contributed by atoms with Gasteiger partial charge in [-0.2, -0.15) is 0 Å². The first kappa shape index (κ1) is 16.1. The largest absolute Gasteiger partial charge is 0.360 e. The summed E-state index contributed by atoms with van der Waals surface area (Å²) in [5.41, 5.74) is -2.99. The van der Waals surface area contributed by atoms with E-state index < -0.39 is 23.0 Å². The summed E-state index contributed by atoms with van der Waals surface area (Å²) >= 11 is 5.87. The van der Waals surface area contributed by atoms with Gasteiger partial charge in [0.1, 0.15) is 5.41 Å². The summed E-state index contributed by atoms with van der Waals surface area (Å²) < 4.78 is 0. The minimum Gasteiger partial charge on any atom is -0.360 e. The van der Waals surface area contributed by atoms with Crippen LogP contribution in [0.3, 0.4) is 0 Å². The average molecular weight is 359 g/mol. The van der Waals surface area contributed by atoms with Crippen molar-refractivity contribution in [3.05, 3.63) is 59.1 Å². The number of nitrogens with zero attached hydrogens (tertiary/aromatic N) is 2. The van der Waals surface area contributed by atoms with Gasteiger partial charge >= 0.3 is 0 Å². The average Bonchev–Trinajstić information content (AvgIpc) is 2.93. The molecule has 0 radical (unpaired) electrons. The molecule has 0 spiro atoms. The predicted molar refractivity (Wildman–Crippen MR) is 91.6 cm³/mol. The molecule has 2 aromatic rings. The van der Waals surface area contributed by atoms with Gasteiger partial charge in [-0.25, -0.2) is 9.96 Å². The molecule has 0 aliphatic carbocycles. The molecule has 4 rings (SSSR count). The van der Waals surface area contributed by atoms with E-state index in [4.69, 9.17) is 11.6 Å². The summed E-state index contributed by atoms with van der Waals surface area (Å²) in [6, 6.07) is 12.8. The van der Waals surface area contributed by atoms with Gasteiger partial charge in [-0.3, -0.25) is 14.8 Å². The number of hydroxylamine groups is 1. The molecule has 2 heterocycles. The van der Waals surface area contributed by atoms with E-state index in [1.165, 1.54) is 12.1 Å². The quantitative estimate of drug-likeness (QED) is 0.806. The van der Waals surface area contributed by atoms with Crippen LogP contribution in [0.2, 0.25) is 5.02 Å². The van der Waals surface area contributed by atoms with Gasteiger partial charge < -0.3 is 5.11 Å². The molecule has 0 aromatic heterocycles. The van der Waals surface area contributed by atoms with E-state index in [0.29, 0.717) is 21.3 Å². The third-order valence-corrected chi connectivity index (χ3v) is 5.43. The number of para-hydroxylation sites is 1. The molecule has 25 heavy (non-hydrogen) atoms. The zero-order valence-corrected chi connectivity index (χ0v) is 14.1. The van der Waals surface area contributed by atoms with Gasteiger partial charge in [-0.05, 0) is 42.3 Å². The fraction of sp³-hybridized carbons (Fsp3) is 0.222.